The number of nitrogens with zero attached hydrogens (tertiary/aromatic N) is 1. The molecule has 2 aromatic rings. The van der Waals surface area contributed by atoms with Crippen LogP contribution in [0, 0.1) is 0 Å². The molecule has 1 aromatic heterocycles. The first-order chi connectivity index (χ1) is 12.5. The molecule has 1 atom stereocenters. The van der Waals surface area contributed by atoms with Crippen molar-refractivity contribution >= 4 is 27.3 Å². The molecule has 1 fully saturated rings. The summed E-state index contributed by atoms with van der Waals surface area (Å²) in [5.74, 6) is -0.0755. The third-order valence-electron chi connectivity index (χ3n) is 4.50. The minimum Gasteiger partial charge on any atom is -0.341 e. The smallest absolute Gasteiger partial charge is 0.250 e. The van der Waals surface area contributed by atoms with Crippen molar-refractivity contribution in [2.24, 2.45) is 5.73 Å². The molecule has 0 saturated carbocycles. The largest absolute Gasteiger partial charge is 0.341 e. The summed E-state index contributed by atoms with van der Waals surface area (Å²) in [6, 6.07) is 12.3. The molecule has 0 bridgehead atoms. The summed E-state index contributed by atoms with van der Waals surface area (Å²) in [5.41, 5.74) is 7.11. The number of amides is 1. The van der Waals surface area contributed by atoms with Crippen LogP contribution in [0.1, 0.15) is 18.4 Å². The number of carbonyl (C=O) groups is 1. The molecule has 26 heavy (non-hydrogen) atoms. The van der Waals surface area contributed by atoms with E-state index in [4.69, 9.17) is 5.73 Å². The fourth-order valence-electron chi connectivity index (χ4n) is 3.10. The van der Waals surface area contributed by atoms with Crippen LogP contribution in [0.4, 0.5) is 0 Å². The minimum absolute atomic E-state index is 0.0755. The van der Waals surface area contributed by atoms with E-state index in [1.165, 1.54) is 11.3 Å². The summed E-state index contributed by atoms with van der Waals surface area (Å²) in [7, 11) is -3.47. The Labute approximate surface area is 158 Å². The number of rotatable bonds is 6. The van der Waals surface area contributed by atoms with Gasteiger partial charge in [-0.1, -0.05) is 36.4 Å². The Morgan fingerprint density at radius 3 is 2.50 bits per heavy atom. The van der Waals surface area contributed by atoms with Crippen molar-refractivity contribution < 1.29 is 13.2 Å². The zero-order chi connectivity index (χ0) is 18.6. The van der Waals surface area contributed by atoms with Crippen LogP contribution in [0.5, 0.6) is 0 Å². The van der Waals surface area contributed by atoms with Crippen molar-refractivity contribution in [3.8, 4) is 0 Å². The van der Waals surface area contributed by atoms with E-state index in [9.17, 15) is 13.2 Å². The minimum atomic E-state index is -3.47. The number of nitrogens with one attached hydrogen (secondary N) is 1. The fraction of sp³-hybridized carbons (Fsp3) is 0.389. The second-order valence-electron chi connectivity index (χ2n) is 6.45. The number of carbonyl (C=O) groups excluding carboxylic acids is 1. The van der Waals surface area contributed by atoms with Gasteiger partial charge in [0.15, 0.2) is 0 Å². The van der Waals surface area contributed by atoms with Gasteiger partial charge in [0.25, 0.3) is 0 Å². The van der Waals surface area contributed by atoms with E-state index in [0.717, 1.165) is 5.56 Å². The molecule has 0 aliphatic carbocycles. The molecule has 1 aliphatic heterocycles. The predicted octanol–water partition coefficient (Wildman–Crippen LogP) is 1.59. The molecule has 1 saturated heterocycles. The van der Waals surface area contributed by atoms with Gasteiger partial charge >= 0.3 is 0 Å². The maximum absolute atomic E-state index is 12.5. The van der Waals surface area contributed by atoms with E-state index in [1.54, 1.807) is 22.4 Å². The van der Waals surface area contributed by atoms with Crippen molar-refractivity contribution in [1.82, 2.24) is 9.62 Å². The second-order valence-corrected chi connectivity index (χ2v) is 9.34. The summed E-state index contributed by atoms with van der Waals surface area (Å²) in [4.78, 5) is 14.3. The molecule has 8 heteroatoms. The molecule has 0 unspecified atom stereocenters. The summed E-state index contributed by atoms with van der Waals surface area (Å²) >= 11 is 1.20. The topological polar surface area (TPSA) is 92.5 Å². The van der Waals surface area contributed by atoms with E-state index >= 15 is 0 Å². The third kappa shape index (κ3) is 4.70. The lowest BCUT2D eigenvalue weighted by Gasteiger charge is -2.33. The second kappa shape index (κ2) is 8.30. The molecule has 1 aromatic carbocycles. The highest BCUT2D eigenvalue weighted by Gasteiger charge is 2.29. The molecule has 140 valence electrons. The number of piperidine rings is 1. The van der Waals surface area contributed by atoms with Crippen molar-refractivity contribution in [3.63, 3.8) is 0 Å². The van der Waals surface area contributed by atoms with E-state index in [1.807, 2.05) is 30.3 Å². The lowest BCUT2D eigenvalue weighted by atomic mass is 10.0. The van der Waals surface area contributed by atoms with Crippen molar-refractivity contribution in [2.75, 3.05) is 13.1 Å². The monoisotopic (exact) mass is 393 g/mol. The lowest BCUT2D eigenvalue weighted by molar-refractivity contribution is -0.133. The van der Waals surface area contributed by atoms with Crippen molar-refractivity contribution in [1.29, 1.82) is 0 Å². The van der Waals surface area contributed by atoms with Crippen LogP contribution in [0.2, 0.25) is 0 Å². The zero-order valence-electron chi connectivity index (χ0n) is 14.4. The van der Waals surface area contributed by atoms with Crippen LogP contribution in [0.3, 0.4) is 0 Å². The first-order valence-electron chi connectivity index (χ1n) is 8.60. The molecule has 0 radical (unpaired) electrons. The number of thiophene rings is 1. The van der Waals surface area contributed by atoms with Crippen molar-refractivity contribution in [3.05, 3.63) is 53.4 Å². The fourth-order valence-corrected chi connectivity index (χ4v) is 5.42. The summed E-state index contributed by atoms with van der Waals surface area (Å²) < 4.78 is 27.6. The lowest BCUT2D eigenvalue weighted by Crippen LogP contribution is -2.51. The predicted molar refractivity (Wildman–Crippen MR) is 102 cm³/mol. The molecular formula is C18H23N3O3S2. The highest BCUT2D eigenvalue weighted by molar-refractivity contribution is 7.91. The van der Waals surface area contributed by atoms with Gasteiger partial charge < -0.3 is 10.6 Å². The summed E-state index contributed by atoms with van der Waals surface area (Å²) in [6.45, 7) is 1.03. The van der Waals surface area contributed by atoms with E-state index < -0.39 is 16.1 Å². The first kappa shape index (κ1) is 19.0. The zero-order valence-corrected chi connectivity index (χ0v) is 16.0. The maximum Gasteiger partial charge on any atom is 0.250 e. The van der Waals surface area contributed by atoms with Gasteiger partial charge in [-0.3, -0.25) is 4.79 Å². The highest BCUT2D eigenvalue weighted by atomic mass is 32.2. The molecule has 0 spiro atoms. The quantitative estimate of drug-likeness (QED) is 0.779. The average Bonchev–Trinajstić information content (AvgIpc) is 3.18. The Bertz CT molecular complexity index is 815. The Morgan fingerprint density at radius 2 is 1.88 bits per heavy atom. The Kier molecular flexibility index (Phi) is 6.08. The number of hydrogen-bond acceptors (Lipinski definition) is 5. The van der Waals surface area contributed by atoms with Crippen LogP contribution < -0.4 is 10.5 Å². The van der Waals surface area contributed by atoms with E-state index in [0.29, 0.717) is 36.6 Å². The molecule has 1 amide bonds. The van der Waals surface area contributed by atoms with Gasteiger partial charge in [-0.2, -0.15) is 0 Å². The number of nitrogens with two attached hydrogens (primary N) is 1. The summed E-state index contributed by atoms with van der Waals surface area (Å²) in [6.07, 6.45) is 1.69. The van der Waals surface area contributed by atoms with Crippen molar-refractivity contribution in [2.45, 2.75) is 35.6 Å². The van der Waals surface area contributed by atoms with Gasteiger partial charge in [0.05, 0.1) is 6.04 Å². The SMILES string of the molecule is N[C@@H](Cc1ccccc1)C(=O)N1CCC(NS(=O)(=O)c2cccs2)CC1. The van der Waals surface area contributed by atoms with Crippen LogP contribution in [0.25, 0.3) is 0 Å². The molecule has 3 N–H and O–H groups in total. The molecule has 3 rings (SSSR count). The average molecular weight is 394 g/mol. The van der Waals surface area contributed by atoms with E-state index in [2.05, 4.69) is 4.72 Å². The number of sulfonamides is 1. The Morgan fingerprint density at radius 1 is 1.19 bits per heavy atom. The molecule has 6 nitrogen and oxygen atoms in total. The third-order valence-corrected chi connectivity index (χ3v) is 7.42. The first-order valence-corrected chi connectivity index (χ1v) is 11.0. The Balaban J connectivity index is 1.51. The molecular weight excluding hydrogens is 370 g/mol. The van der Waals surface area contributed by atoms with Gasteiger partial charge in [0.2, 0.25) is 15.9 Å². The maximum atomic E-state index is 12.5. The van der Waals surface area contributed by atoms with Gasteiger partial charge in [-0.25, -0.2) is 13.1 Å². The number of likely N-dealkylation sites (tertiary alicyclic amines) is 1. The van der Waals surface area contributed by atoms with Crippen LogP contribution in [-0.2, 0) is 21.2 Å². The number of hydrogen-bond donors (Lipinski definition) is 2. The van der Waals surface area contributed by atoms with E-state index in [-0.39, 0.29) is 11.9 Å². The highest BCUT2D eigenvalue weighted by Crippen LogP contribution is 2.19. The summed E-state index contributed by atoms with van der Waals surface area (Å²) in [5, 5.41) is 1.74. The van der Waals surface area contributed by atoms with Gasteiger partial charge in [-0.05, 0) is 36.3 Å². The van der Waals surface area contributed by atoms with Crippen LogP contribution in [-0.4, -0.2) is 44.4 Å². The van der Waals surface area contributed by atoms with Crippen LogP contribution in [0.15, 0.2) is 52.1 Å². The Hall–Kier alpha value is -1.74. The molecule has 2 heterocycles. The van der Waals surface area contributed by atoms with Crippen LogP contribution >= 0.6 is 11.3 Å². The normalized spacial score (nSPS) is 17.2. The standard InChI is InChI=1S/C18H23N3O3S2/c19-16(13-14-5-2-1-3-6-14)18(22)21-10-8-15(9-11-21)20-26(23,24)17-7-4-12-25-17/h1-7,12,15-16,20H,8-11,13,19H2/t16-/m0/s1. The number of benzene rings is 1. The van der Waals surface area contributed by atoms with Gasteiger partial charge in [-0.15, -0.1) is 11.3 Å². The van der Waals surface area contributed by atoms with Gasteiger partial charge in [0, 0.05) is 19.1 Å². The van der Waals surface area contributed by atoms with Gasteiger partial charge in [0.1, 0.15) is 4.21 Å². The molecule has 1 aliphatic rings.